The zero-order chi connectivity index (χ0) is 50.6. The van der Waals surface area contributed by atoms with Crippen LogP contribution in [0.1, 0.15) is 264 Å². The van der Waals surface area contributed by atoms with Crippen molar-refractivity contribution in [1.82, 2.24) is 5.32 Å². The van der Waals surface area contributed by atoms with Gasteiger partial charge in [-0.1, -0.05) is 261 Å². The Bertz CT molecular complexity index is 1310. The molecule has 0 aliphatic heterocycles. The fourth-order valence-electron chi connectivity index (χ4n) is 8.48. The number of amides is 1. The standard InChI is InChI=1S/C60H113N2O6P/c1-6-8-10-12-14-15-16-17-18-19-20-21-22-23-24-25-26-27-28-29-30-31-32-33-34-35-36-37-38-39-40-41-42-43-44-45-46-47-48-50-52-54-60(64)61-58(59(63)53-51-49-13-11-9-7-2)57-68-69(65,66)67-56-55-62(3,4)5/h8,10,14-15,17-18,20-21,23-24,58-59,63H,6-7,9,11-13,16,19,22,25-57H2,1-5H3,(H-,61,64,65,66)/b10-8-,15-14-,18-17-,21-20-,24-23-. The highest BCUT2D eigenvalue weighted by Gasteiger charge is 2.24. The van der Waals surface area contributed by atoms with Gasteiger partial charge in [-0.25, -0.2) is 0 Å². The molecule has 8 nitrogen and oxygen atoms in total. The summed E-state index contributed by atoms with van der Waals surface area (Å²) in [5.41, 5.74) is 0. The van der Waals surface area contributed by atoms with Gasteiger partial charge in [0.1, 0.15) is 13.2 Å². The monoisotopic (exact) mass is 989 g/mol. The van der Waals surface area contributed by atoms with Crippen molar-refractivity contribution in [3.8, 4) is 0 Å². The van der Waals surface area contributed by atoms with Crippen molar-refractivity contribution < 1.29 is 32.9 Å². The second kappa shape index (κ2) is 51.1. The first-order valence-electron chi connectivity index (χ1n) is 29.1. The van der Waals surface area contributed by atoms with Crippen LogP contribution in [0.3, 0.4) is 0 Å². The Morgan fingerprint density at radius 1 is 0.522 bits per heavy atom. The highest BCUT2D eigenvalue weighted by atomic mass is 31.2. The molecule has 3 unspecified atom stereocenters. The molecular formula is C60H113N2O6P. The molecule has 2 N–H and O–H groups in total. The van der Waals surface area contributed by atoms with Crippen LogP contribution in [0.15, 0.2) is 60.8 Å². The third kappa shape index (κ3) is 53.8. The maximum absolute atomic E-state index is 12.8. The van der Waals surface area contributed by atoms with E-state index in [0.29, 0.717) is 23.9 Å². The van der Waals surface area contributed by atoms with E-state index in [-0.39, 0.29) is 19.1 Å². The van der Waals surface area contributed by atoms with E-state index in [1.807, 2.05) is 21.1 Å². The number of quaternary nitrogens is 1. The van der Waals surface area contributed by atoms with Gasteiger partial charge in [-0.3, -0.25) is 9.36 Å². The van der Waals surface area contributed by atoms with E-state index in [9.17, 15) is 19.4 Å². The summed E-state index contributed by atoms with van der Waals surface area (Å²) in [5.74, 6) is -0.167. The van der Waals surface area contributed by atoms with Crippen LogP contribution < -0.4 is 10.2 Å². The van der Waals surface area contributed by atoms with Gasteiger partial charge in [0.25, 0.3) is 7.82 Å². The molecular weight excluding hydrogens is 876 g/mol. The lowest BCUT2D eigenvalue weighted by Gasteiger charge is -2.30. The molecule has 3 atom stereocenters. The molecule has 0 bridgehead atoms. The van der Waals surface area contributed by atoms with Gasteiger partial charge in [0, 0.05) is 6.42 Å². The number of hydrogen-bond donors (Lipinski definition) is 2. The number of rotatable bonds is 53. The Hall–Kier alpha value is -1.80. The lowest BCUT2D eigenvalue weighted by Crippen LogP contribution is -2.46. The largest absolute Gasteiger partial charge is 0.756 e. The van der Waals surface area contributed by atoms with Crippen LogP contribution in [0.2, 0.25) is 0 Å². The second-order valence-electron chi connectivity index (χ2n) is 21.0. The van der Waals surface area contributed by atoms with Gasteiger partial charge in [0.15, 0.2) is 0 Å². The van der Waals surface area contributed by atoms with Gasteiger partial charge in [0.2, 0.25) is 5.91 Å². The molecule has 9 heteroatoms. The fraction of sp³-hybridized carbons (Fsp3) is 0.817. The molecule has 69 heavy (non-hydrogen) atoms. The average Bonchev–Trinajstić information content (AvgIpc) is 3.31. The number of aliphatic hydroxyl groups excluding tert-OH is 1. The zero-order valence-electron chi connectivity index (χ0n) is 46.0. The Morgan fingerprint density at radius 2 is 0.884 bits per heavy atom. The number of aliphatic hydroxyl groups is 1. The number of allylic oxidation sites excluding steroid dienone is 10. The molecule has 0 spiro atoms. The molecule has 404 valence electrons. The highest BCUT2D eigenvalue weighted by Crippen LogP contribution is 2.38. The number of phosphoric acid groups is 1. The summed E-state index contributed by atoms with van der Waals surface area (Å²) in [4.78, 5) is 25.3. The molecule has 0 radical (unpaired) electrons. The van der Waals surface area contributed by atoms with Gasteiger partial charge < -0.3 is 28.8 Å². The molecule has 0 saturated carbocycles. The third-order valence-electron chi connectivity index (χ3n) is 13.0. The minimum Gasteiger partial charge on any atom is -0.756 e. The molecule has 0 aromatic rings. The van der Waals surface area contributed by atoms with E-state index in [1.54, 1.807) is 0 Å². The highest BCUT2D eigenvalue weighted by molar-refractivity contribution is 7.45. The Labute approximate surface area is 428 Å². The van der Waals surface area contributed by atoms with Gasteiger partial charge in [0.05, 0.1) is 39.9 Å². The average molecular weight is 990 g/mol. The second-order valence-corrected chi connectivity index (χ2v) is 22.4. The molecule has 0 aromatic carbocycles. The SMILES string of the molecule is CC/C=C\C/C=C\C/C=C\C/C=C\C/C=C\CCCCCCCCCCCCCCCCCCCCCCCCCCCC(=O)NC(COP(=O)([O-])OCC[N+](C)(C)C)C(O)CCCCCCCC. The van der Waals surface area contributed by atoms with Crippen LogP contribution in [0, 0.1) is 0 Å². The Balaban J connectivity index is 3.69. The number of phosphoric ester groups is 1. The van der Waals surface area contributed by atoms with Crippen molar-refractivity contribution >= 4 is 13.7 Å². The van der Waals surface area contributed by atoms with E-state index in [1.165, 1.54) is 167 Å². The van der Waals surface area contributed by atoms with Gasteiger partial charge in [-0.05, 0) is 57.8 Å². The third-order valence-corrected chi connectivity index (χ3v) is 14.0. The molecule has 0 aliphatic rings. The molecule has 1 amide bonds. The number of nitrogens with one attached hydrogen (secondary N) is 1. The lowest BCUT2D eigenvalue weighted by molar-refractivity contribution is -0.870. The maximum atomic E-state index is 12.8. The zero-order valence-corrected chi connectivity index (χ0v) is 46.9. The topological polar surface area (TPSA) is 108 Å². The minimum absolute atomic E-state index is 0.0124. The molecule has 0 aromatic heterocycles. The van der Waals surface area contributed by atoms with E-state index in [4.69, 9.17) is 9.05 Å². The first-order chi connectivity index (χ1) is 33.5. The predicted octanol–water partition coefficient (Wildman–Crippen LogP) is 17.1. The van der Waals surface area contributed by atoms with Crippen LogP contribution >= 0.6 is 7.82 Å². The summed E-state index contributed by atoms with van der Waals surface area (Å²) in [6, 6.07) is -0.795. The van der Waals surface area contributed by atoms with Crippen molar-refractivity contribution in [2.45, 2.75) is 276 Å². The first kappa shape index (κ1) is 67.2. The number of likely N-dealkylation sites (N-methyl/N-ethyl adjacent to an activating group) is 1. The molecule has 0 rings (SSSR count). The van der Waals surface area contributed by atoms with Crippen molar-refractivity contribution in [3.05, 3.63) is 60.8 Å². The number of hydrogen-bond acceptors (Lipinski definition) is 6. The summed E-state index contributed by atoms with van der Waals surface area (Å²) in [7, 11) is 1.31. The van der Waals surface area contributed by atoms with Gasteiger partial charge in [-0.15, -0.1) is 0 Å². The van der Waals surface area contributed by atoms with Crippen LogP contribution in [-0.2, 0) is 18.4 Å². The van der Waals surface area contributed by atoms with Crippen LogP contribution in [0.25, 0.3) is 0 Å². The normalized spacial score (nSPS) is 14.4. The number of carbonyl (C=O) groups excluding carboxylic acids is 1. The summed E-state index contributed by atoms with van der Waals surface area (Å²) in [5, 5.41) is 13.8. The van der Waals surface area contributed by atoms with Gasteiger partial charge >= 0.3 is 0 Å². The molecule has 0 aliphatic carbocycles. The maximum Gasteiger partial charge on any atom is 0.268 e. The van der Waals surface area contributed by atoms with Crippen molar-refractivity contribution in [2.24, 2.45) is 0 Å². The van der Waals surface area contributed by atoms with Crippen LogP contribution in [0.5, 0.6) is 0 Å². The number of unbranched alkanes of at least 4 members (excludes halogenated alkanes) is 30. The van der Waals surface area contributed by atoms with E-state index in [2.05, 4.69) is 79.9 Å². The van der Waals surface area contributed by atoms with Crippen molar-refractivity contribution in [1.29, 1.82) is 0 Å². The smallest absolute Gasteiger partial charge is 0.268 e. The van der Waals surface area contributed by atoms with Crippen molar-refractivity contribution in [3.63, 3.8) is 0 Å². The minimum atomic E-state index is -4.55. The van der Waals surface area contributed by atoms with Gasteiger partial charge in [-0.2, -0.15) is 0 Å². The quantitative estimate of drug-likeness (QED) is 0.0272. The molecule has 0 saturated heterocycles. The summed E-state index contributed by atoms with van der Waals surface area (Å²) < 4.78 is 23.2. The molecule has 0 heterocycles. The summed E-state index contributed by atoms with van der Waals surface area (Å²) in [6.45, 7) is 4.55. The predicted molar refractivity (Wildman–Crippen MR) is 297 cm³/mol. The summed E-state index contributed by atoms with van der Waals surface area (Å²) in [6.07, 6.45) is 69.0. The van der Waals surface area contributed by atoms with Crippen LogP contribution in [0.4, 0.5) is 0 Å². The first-order valence-corrected chi connectivity index (χ1v) is 30.6. The lowest BCUT2D eigenvalue weighted by atomic mass is 10.0. The van der Waals surface area contributed by atoms with Crippen LogP contribution in [-0.4, -0.2) is 68.5 Å². The van der Waals surface area contributed by atoms with E-state index in [0.717, 1.165) is 70.6 Å². The fourth-order valence-corrected chi connectivity index (χ4v) is 9.20. The summed E-state index contributed by atoms with van der Waals surface area (Å²) >= 11 is 0. The number of nitrogens with zero attached hydrogens (tertiary/aromatic N) is 1. The van der Waals surface area contributed by atoms with E-state index >= 15 is 0 Å². The Kier molecular flexibility index (Phi) is 49.8. The van der Waals surface area contributed by atoms with Crippen molar-refractivity contribution in [2.75, 3.05) is 40.9 Å². The Morgan fingerprint density at radius 3 is 1.29 bits per heavy atom. The van der Waals surface area contributed by atoms with E-state index < -0.39 is 20.0 Å². The molecule has 0 fully saturated rings. The number of carbonyl (C=O) groups is 1.